The van der Waals surface area contributed by atoms with Gasteiger partial charge in [0.15, 0.2) is 5.78 Å². The number of ketones is 1. The number of fused-ring (bicyclic) bond motifs is 1. The molecule has 0 spiro atoms. The van der Waals surface area contributed by atoms with Gasteiger partial charge in [0.2, 0.25) is 0 Å². The molecule has 17 heavy (non-hydrogen) atoms. The summed E-state index contributed by atoms with van der Waals surface area (Å²) in [7, 11) is 0. The van der Waals surface area contributed by atoms with Gasteiger partial charge in [-0.05, 0) is 31.0 Å². The standard InChI is InChI=1S/C13H12O4/c1-3-9-10-5-4-8(15)6-11(10)17-13(16)12(9)7(2)14/h4-6,15H,3H2,1-2H3. The molecule has 0 saturated heterocycles. The van der Waals surface area contributed by atoms with Crippen molar-refractivity contribution in [1.82, 2.24) is 0 Å². The van der Waals surface area contributed by atoms with Crippen molar-refractivity contribution in [1.29, 1.82) is 0 Å². The fraction of sp³-hybridized carbons (Fsp3) is 0.231. The van der Waals surface area contributed by atoms with E-state index in [-0.39, 0.29) is 17.1 Å². The Balaban J connectivity index is 2.95. The summed E-state index contributed by atoms with van der Waals surface area (Å²) in [4.78, 5) is 23.1. The molecule has 0 amide bonds. The lowest BCUT2D eigenvalue weighted by Gasteiger charge is -2.07. The lowest BCUT2D eigenvalue weighted by molar-refractivity contribution is 0.101. The van der Waals surface area contributed by atoms with E-state index in [4.69, 9.17) is 4.42 Å². The van der Waals surface area contributed by atoms with E-state index < -0.39 is 5.63 Å². The van der Waals surface area contributed by atoms with Gasteiger partial charge in [0, 0.05) is 11.5 Å². The first kappa shape index (κ1) is 11.4. The van der Waals surface area contributed by atoms with E-state index in [2.05, 4.69) is 0 Å². The Hall–Kier alpha value is -2.10. The highest BCUT2D eigenvalue weighted by Gasteiger charge is 2.16. The molecule has 0 aliphatic heterocycles. The zero-order chi connectivity index (χ0) is 12.6. The van der Waals surface area contributed by atoms with Crippen LogP contribution in [0.15, 0.2) is 27.4 Å². The Morgan fingerprint density at radius 2 is 2.12 bits per heavy atom. The zero-order valence-electron chi connectivity index (χ0n) is 9.61. The molecule has 0 fully saturated rings. The second-order valence-corrected chi connectivity index (χ2v) is 3.83. The van der Waals surface area contributed by atoms with E-state index in [0.717, 1.165) is 0 Å². The molecule has 0 unspecified atom stereocenters. The van der Waals surface area contributed by atoms with Crippen molar-refractivity contribution >= 4 is 16.8 Å². The largest absolute Gasteiger partial charge is 0.508 e. The van der Waals surface area contributed by atoms with Crippen LogP contribution in [0.2, 0.25) is 0 Å². The number of carbonyl (C=O) groups excluding carboxylic acids is 1. The molecular formula is C13H12O4. The fourth-order valence-electron chi connectivity index (χ4n) is 1.98. The molecule has 0 aliphatic carbocycles. The van der Waals surface area contributed by atoms with Gasteiger partial charge in [0.25, 0.3) is 0 Å². The minimum absolute atomic E-state index is 0.0262. The summed E-state index contributed by atoms with van der Waals surface area (Å²) in [5, 5.41) is 10.0. The third kappa shape index (κ3) is 1.82. The molecule has 1 aromatic heterocycles. The van der Waals surface area contributed by atoms with Crippen molar-refractivity contribution in [2.45, 2.75) is 20.3 Å². The first-order chi connectivity index (χ1) is 8.04. The predicted molar refractivity (Wildman–Crippen MR) is 63.5 cm³/mol. The average molecular weight is 232 g/mol. The number of aryl methyl sites for hydroxylation is 1. The Kier molecular flexibility index (Phi) is 2.71. The quantitative estimate of drug-likeness (QED) is 0.637. The van der Waals surface area contributed by atoms with Crippen molar-refractivity contribution in [3.8, 4) is 5.75 Å². The van der Waals surface area contributed by atoms with E-state index in [1.54, 1.807) is 6.07 Å². The molecule has 0 radical (unpaired) electrons. The number of phenols is 1. The summed E-state index contributed by atoms with van der Waals surface area (Å²) in [5.41, 5.74) is 0.429. The van der Waals surface area contributed by atoms with Crippen LogP contribution in [0.1, 0.15) is 29.8 Å². The second kappa shape index (κ2) is 4.05. The molecule has 1 aromatic carbocycles. The minimum atomic E-state index is -0.646. The lowest BCUT2D eigenvalue weighted by Crippen LogP contribution is -2.15. The molecule has 1 N–H and O–H groups in total. The number of rotatable bonds is 2. The number of aromatic hydroxyl groups is 1. The second-order valence-electron chi connectivity index (χ2n) is 3.83. The minimum Gasteiger partial charge on any atom is -0.508 e. The highest BCUT2D eigenvalue weighted by molar-refractivity contribution is 5.99. The van der Waals surface area contributed by atoms with Gasteiger partial charge in [0.1, 0.15) is 16.9 Å². The first-order valence-electron chi connectivity index (χ1n) is 5.34. The Morgan fingerprint density at radius 3 is 2.71 bits per heavy atom. The van der Waals surface area contributed by atoms with Gasteiger partial charge in [-0.2, -0.15) is 0 Å². The van der Waals surface area contributed by atoms with Gasteiger partial charge in [-0.3, -0.25) is 4.79 Å². The van der Waals surface area contributed by atoms with Crippen molar-refractivity contribution in [2.75, 3.05) is 0 Å². The number of carbonyl (C=O) groups is 1. The molecule has 88 valence electrons. The van der Waals surface area contributed by atoms with Crippen molar-refractivity contribution in [2.24, 2.45) is 0 Å². The van der Waals surface area contributed by atoms with Gasteiger partial charge >= 0.3 is 5.63 Å². The average Bonchev–Trinajstić information content (AvgIpc) is 2.26. The van der Waals surface area contributed by atoms with Gasteiger partial charge in [0.05, 0.1) is 0 Å². The number of Topliss-reactive ketones (excluding diaryl/α,β-unsaturated/α-hetero) is 1. The van der Waals surface area contributed by atoms with E-state index in [0.29, 0.717) is 23.0 Å². The number of hydrogen-bond acceptors (Lipinski definition) is 4. The summed E-state index contributed by atoms with van der Waals surface area (Å²) in [6.45, 7) is 3.21. The predicted octanol–water partition coefficient (Wildman–Crippen LogP) is 2.26. The van der Waals surface area contributed by atoms with Crippen LogP contribution in [-0.4, -0.2) is 10.9 Å². The van der Waals surface area contributed by atoms with E-state index >= 15 is 0 Å². The maximum atomic E-state index is 11.7. The molecule has 0 aliphatic rings. The van der Waals surface area contributed by atoms with Crippen LogP contribution < -0.4 is 5.63 Å². The van der Waals surface area contributed by atoms with Gasteiger partial charge in [-0.1, -0.05) is 6.92 Å². The summed E-state index contributed by atoms with van der Waals surface area (Å²) in [5.74, 6) is -0.274. The molecule has 0 bridgehead atoms. The third-order valence-electron chi connectivity index (χ3n) is 2.70. The Bertz CT molecular complexity index is 652. The van der Waals surface area contributed by atoms with Crippen LogP contribution in [0.3, 0.4) is 0 Å². The highest BCUT2D eigenvalue weighted by atomic mass is 16.4. The fourth-order valence-corrected chi connectivity index (χ4v) is 1.98. The highest BCUT2D eigenvalue weighted by Crippen LogP contribution is 2.24. The molecule has 0 saturated carbocycles. The van der Waals surface area contributed by atoms with Crippen LogP contribution in [0.25, 0.3) is 11.0 Å². The molecule has 2 rings (SSSR count). The molecule has 2 aromatic rings. The van der Waals surface area contributed by atoms with Crippen LogP contribution in [-0.2, 0) is 6.42 Å². The summed E-state index contributed by atoms with van der Waals surface area (Å²) < 4.78 is 5.04. The van der Waals surface area contributed by atoms with E-state index in [9.17, 15) is 14.7 Å². The molecule has 4 nitrogen and oxygen atoms in total. The van der Waals surface area contributed by atoms with Gasteiger partial charge in [-0.15, -0.1) is 0 Å². The summed E-state index contributed by atoms with van der Waals surface area (Å²) >= 11 is 0. The molecule has 0 atom stereocenters. The molecule has 4 heteroatoms. The SMILES string of the molecule is CCc1c(C(C)=O)c(=O)oc2cc(O)ccc12. The normalized spacial score (nSPS) is 10.7. The van der Waals surface area contributed by atoms with Gasteiger partial charge < -0.3 is 9.52 Å². The van der Waals surface area contributed by atoms with Crippen LogP contribution >= 0.6 is 0 Å². The van der Waals surface area contributed by atoms with E-state index in [1.165, 1.54) is 19.1 Å². The number of benzene rings is 1. The van der Waals surface area contributed by atoms with Crippen LogP contribution in [0, 0.1) is 0 Å². The van der Waals surface area contributed by atoms with Crippen molar-refractivity contribution < 1.29 is 14.3 Å². The van der Waals surface area contributed by atoms with Crippen molar-refractivity contribution in [3.63, 3.8) is 0 Å². The summed E-state index contributed by atoms with van der Waals surface area (Å²) in [6, 6.07) is 4.53. The van der Waals surface area contributed by atoms with Crippen LogP contribution in [0.5, 0.6) is 5.75 Å². The smallest absolute Gasteiger partial charge is 0.347 e. The first-order valence-corrected chi connectivity index (χ1v) is 5.34. The maximum Gasteiger partial charge on any atom is 0.347 e. The zero-order valence-corrected chi connectivity index (χ0v) is 9.61. The van der Waals surface area contributed by atoms with Crippen molar-refractivity contribution in [3.05, 3.63) is 39.7 Å². The summed E-state index contributed by atoms with van der Waals surface area (Å²) in [6.07, 6.45) is 0.557. The lowest BCUT2D eigenvalue weighted by atomic mass is 10.00. The third-order valence-corrected chi connectivity index (χ3v) is 2.70. The van der Waals surface area contributed by atoms with Crippen LogP contribution in [0.4, 0.5) is 0 Å². The Morgan fingerprint density at radius 1 is 1.41 bits per heavy atom. The maximum absolute atomic E-state index is 11.7. The van der Waals surface area contributed by atoms with Gasteiger partial charge in [-0.25, -0.2) is 4.79 Å². The molecular weight excluding hydrogens is 220 g/mol. The monoisotopic (exact) mass is 232 g/mol. The van der Waals surface area contributed by atoms with E-state index in [1.807, 2.05) is 6.92 Å². The Labute approximate surface area is 97.5 Å². The number of phenolic OH excluding ortho intramolecular Hbond substituents is 1. The number of hydrogen-bond donors (Lipinski definition) is 1. The molecule has 1 heterocycles. The topological polar surface area (TPSA) is 67.5 Å².